The molecule has 1 aliphatic rings. The number of nitrogens with one attached hydrogen (secondary N) is 1. The van der Waals surface area contributed by atoms with Gasteiger partial charge in [-0.2, -0.15) is 0 Å². The van der Waals surface area contributed by atoms with E-state index in [1.165, 1.54) is 32.2 Å². The van der Waals surface area contributed by atoms with Gasteiger partial charge in [-0.05, 0) is 59.2 Å². The molecule has 0 aromatic carbocycles. The lowest BCUT2D eigenvalue weighted by Gasteiger charge is -2.30. The van der Waals surface area contributed by atoms with Crippen molar-refractivity contribution in [2.24, 2.45) is 0 Å². The Morgan fingerprint density at radius 1 is 1.29 bits per heavy atom. The van der Waals surface area contributed by atoms with E-state index in [1.54, 1.807) is 0 Å². The van der Waals surface area contributed by atoms with Crippen LogP contribution in [0.4, 0.5) is 0 Å². The molecule has 3 heteroatoms. The van der Waals surface area contributed by atoms with Crippen LogP contribution in [0.25, 0.3) is 0 Å². The first-order valence-electron chi connectivity index (χ1n) is 7.17. The first-order chi connectivity index (χ1) is 8.09. The minimum absolute atomic E-state index is 0.0627. The Morgan fingerprint density at radius 3 is 2.47 bits per heavy atom. The van der Waals surface area contributed by atoms with Crippen LogP contribution in [-0.2, 0) is 0 Å². The SMILES string of the molecule is CCCCN(C)CCCC(C)(CO)NC1CC1. The summed E-state index contributed by atoms with van der Waals surface area (Å²) in [7, 11) is 2.19. The van der Waals surface area contributed by atoms with Crippen LogP contribution in [0.1, 0.15) is 52.4 Å². The molecule has 1 rings (SSSR count). The standard InChI is InChI=1S/C14H30N2O/c1-4-5-10-16(3)11-6-9-14(2,12-17)15-13-7-8-13/h13,15,17H,4-12H2,1-3H3. The van der Waals surface area contributed by atoms with Gasteiger partial charge in [-0.1, -0.05) is 13.3 Å². The molecule has 0 heterocycles. The van der Waals surface area contributed by atoms with Crippen molar-refractivity contribution < 1.29 is 5.11 Å². The molecule has 0 saturated heterocycles. The van der Waals surface area contributed by atoms with E-state index in [9.17, 15) is 5.11 Å². The number of aliphatic hydroxyl groups is 1. The smallest absolute Gasteiger partial charge is 0.0610 e. The van der Waals surface area contributed by atoms with Crippen molar-refractivity contribution in [2.75, 3.05) is 26.7 Å². The molecule has 0 aliphatic heterocycles. The monoisotopic (exact) mass is 242 g/mol. The molecular weight excluding hydrogens is 212 g/mol. The lowest BCUT2D eigenvalue weighted by molar-refractivity contribution is 0.157. The van der Waals surface area contributed by atoms with Crippen LogP contribution in [0.2, 0.25) is 0 Å². The second-order valence-corrected chi connectivity index (χ2v) is 5.90. The molecule has 1 fully saturated rings. The Bertz CT molecular complexity index is 206. The fourth-order valence-corrected chi connectivity index (χ4v) is 2.20. The summed E-state index contributed by atoms with van der Waals surface area (Å²) in [6.45, 7) is 6.97. The third-order valence-corrected chi connectivity index (χ3v) is 3.64. The van der Waals surface area contributed by atoms with Gasteiger partial charge in [-0.25, -0.2) is 0 Å². The minimum Gasteiger partial charge on any atom is -0.394 e. The van der Waals surface area contributed by atoms with Gasteiger partial charge >= 0.3 is 0 Å². The third-order valence-electron chi connectivity index (χ3n) is 3.64. The van der Waals surface area contributed by atoms with Gasteiger partial charge in [0.2, 0.25) is 0 Å². The maximum absolute atomic E-state index is 9.49. The summed E-state index contributed by atoms with van der Waals surface area (Å²) >= 11 is 0. The summed E-state index contributed by atoms with van der Waals surface area (Å²) in [5.41, 5.74) is -0.0627. The van der Waals surface area contributed by atoms with Gasteiger partial charge in [0, 0.05) is 11.6 Å². The Hall–Kier alpha value is -0.120. The summed E-state index contributed by atoms with van der Waals surface area (Å²) in [5.74, 6) is 0. The van der Waals surface area contributed by atoms with Crippen LogP contribution in [0, 0.1) is 0 Å². The zero-order valence-electron chi connectivity index (χ0n) is 11.8. The molecule has 1 aliphatic carbocycles. The largest absolute Gasteiger partial charge is 0.394 e. The minimum atomic E-state index is -0.0627. The number of aliphatic hydroxyl groups excluding tert-OH is 1. The number of hydrogen-bond acceptors (Lipinski definition) is 3. The topological polar surface area (TPSA) is 35.5 Å². The molecule has 1 atom stereocenters. The zero-order valence-corrected chi connectivity index (χ0v) is 11.8. The predicted molar refractivity (Wildman–Crippen MR) is 73.3 cm³/mol. The second-order valence-electron chi connectivity index (χ2n) is 5.90. The van der Waals surface area contributed by atoms with Crippen LogP contribution >= 0.6 is 0 Å². The highest BCUT2D eigenvalue weighted by atomic mass is 16.3. The van der Waals surface area contributed by atoms with Gasteiger partial charge in [0.15, 0.2) is 0 Å². The van der Waals surface area contributed by atoms with Crippen LogP contribution in [-0.4, -0.2) is 48.3 Å². The highest BCUT2D eigenvalue weighted by Crippen LogP contribution is 2.24. The fourth-order valence-electron chi connectivity index (χ4n) is 2.20. The van der Waals surface area contributed by atoms with Crippen molar-refractivity contribution in [3.05, 3.63) is 0 Å². The molecule has 0 aromatic heterocycles. The Labute approximate surface area is 107 Å². The van der Waals surface area contributed by atoms with Crippen molar-refractivity contribution in [3.63, 3.8) is 0 Å². The summed E-state index contributed by atoms with van der Waals surface area (Å²) in [5, 5.41) is 13.1. The van der Waals surface area contributed by atoms with Crippen LogP contribution < -0.4 is 5.32 Å². The van der Waals surface area contributed by atoms with Gasteiger partial charge in [-0.3, -0.25) is 0 Å². The van der Waals surface area contributed by atoms with E-state index in [2.05, 4.69) is 31.1 Å². The summed E-state index contributed by atoms with van der Waals surface area (Å²) < 4.78 is 0. The summed E-state index contributed by atoms with van der Waals surface area (Å²) in [6.07, 6.45) is 7.35. The van der Waals surface area contributed by atoms with Crippen LogP contribution in [0.15, 0.2) is 0 Å². The van der Waals surface area contributed by atoms with E-state index in [4.69, 9.17) is 0 Å². The quantitative estimate of drug-likeness (QED) is 0.615. The van der Waals surface area contributed by atoms with Crippen molar-refractivity contribution in [1.29, 1.82) is 0 Å². The average molecular weight is 242 g/mol. The van der Waals surface area contributed by atoms with E-state index in [0.717, 1.165) is 19.4 Å². The Balaban J connectivity index is 2.13. The van der Waals surface area contributed by atoms with Crippen LogP contribution in [0.3, 0.4) is 0 Å². The van der Waals surface area contributed by atoms with E-state index < -0.39 is 0 Å². The van der Waals surface area contributed by atoms with E-state index in [1.807, 2.05) is 0 Å². The Kier molecular flexibility index (Phi) is 6.45. The average Bonchev–Trinajstić information content (AvgIpc) is 3.10. The third kappa shape index (κ3) is 6.39. The van der Waals surface area contributed by atoms with Gasteiger partial charge < -0.3 is 15.3 Å². The number of hydrogen-bond donors (Lipinski definition) is 2. The fraction of sp³-hybridized carbons (Fsp3) is 1.00. The number of rotatable bonds is 10. The van der Waals surface area contributed by atoms with E-state index in [0.29, 0.717) is 6.04 Å². The van der Waals surface area contributed by atoms with Crippen molar-refractivity contribution in [2.45, 2.75) is 64.0 Å². The molecule has 1 saturated carbocycles. The molecule has 1 unspecified atom stereocenters. The molecular formula is C14H30N2O. The predicted octanol–water partition coefficient (Wildman–Crippen LogP) is 2.00. The normalized spacial score (nSPS) is 19.6. The molecule has 102 valence electrons. The lowest BCUT2D eigenvalue weighted by Crippen LogP contribution is -2.47. The first-order valence-corrected chi connectivity index (χ1v) is 7.17. The van der Waals surface area contributed by atoms with Gasteiger partial charge in [0.05, 0.1) is 6.61 Å². The molecule has 3 nitrogen and oxygen atoms in total. The molecule has 2 N–H and O–H groups in total. The Morgan fingerprint density at radius 2 is 1.94 bits per heavy atom. The summed E-state index contributed by atoms with van der Waals surface area (Å²) in [6, 6.07) is 0.671. The lowest BCUT2D eigenvalue weighted by atomic mass is 9.96. The highest BCUT2D eigenvalue weighted by molar-refractivity contribution is 4.92. The number of nitrogens with zero attached hydrogens (tertiary/aromatic N) is 1. The maximum atomic E-state index is 9.49. The van der Waals surface area contributed by atoms with Gasteiger partial charge in [0.25, 0.3) is 0 Å². The molecule has 17 heavy (non-hydrogen) atoms. The van der Waals surface area contributed by atoms with Crippen molar-refractivity contribution in [1.82, 2.24) is 10.2 Å². The van der Waals surface area contributed by atoms with Crippen LogP contribution in [0.5, 0.6) is 0 Å². The zero-order chi connectivity index (χ0) is 12.7. The molecule has 0 amide bonds. The molecule has 0 spiro atoms. The maximum Gasteiger partial charge on any atom is 0.0610 e. The highest BCUT2D eigenvalue weighted by Gasteiger charge is 2.31. The van der Waals surface area contributed by atoms with Gasteiger partial charge in [0.1, 0.15) is 0 Å². The number of unbranched alkanes of at least 4 members (excludes halogenated alkanes) is 1. The second kappa shape index (κ2) is 7.34. The van der Waals surface area contributed by atoms with E-state index in [-0.39, 0.29) is 12.1 Å². The summed E-state index contributed by atoms with van der Waals surface area (Å²) in [4.78, 5) is 2.40. The first kappa shape index (κ1) is 14.9. The molecule has 0 aromatic rings. The molecule has 0 radical (unpaired) electrons. The van der Waals surface area contributed by atoms with Crippen molar-refractivity contribution >= 4 is 0 Å². The van der Waals surface area contributed by atoms with Gasteiger partial charge in [-0.15, -0.1) is 0 Å². The van der Waals surface area contributed by atoms with Crippen molar-refractivity contribution in [3.8, 4) is 0 Å². The molecule has 0 bridgehead atoms. The van der Waals surface area contributed by atoms with E-state index >= 15 is 0 Å².